The van der Waals surface area contributed by atoms with Crippen molar-refractivity contribution in [2.45, 2.75) is 51.3 Å². The molecule has 3 heteroatoms. The molecular formula is C17H25NOS. The van der Waals surface area contributed by atoms with Crippen LogP contribution in [0.15, 0.2) is 24.3 Å². The molecule has 0 spiro atoms. The van der Waals surface area contributed by atoms with Crippen LogP contribution in [-0.2, 0) is 10.5 Å². The van der Waals surface area contributed by atoms with Crippen molar-refractivity contribution < 1.29 is 4.79 Å². The summed E-state index contributed by atoms with van der Waals surface area (Å²) < 4.78 is 0. The molecule has 1 amide bonds. The molecule has 0 unspecified atom stereocenters. The van der Waals surface area contributed by atoms with E-state index in [0.717, 1.165) is 24.5 Å². The van der Waals surface area contributed by atoms with Crippen LogP contribution >= 0.6 is 11.8 Å². The zero-order valence-electron chi connectivity index (χ0n) is 12.5. The van der Waals surface area contributed by atoms with Gasteiger partial charge in [0, 0.05) is 11.8 Å². The molecule has 1 saturated carbocycles. The molecule has 2 nitrogen and oxygen atoms in total. The minimum absolute atomic E-state index is 0.196. The minimum atomic E-state index is 0.196. The molecule has 0 heterocycles. The van der Waals surface area contributed by atoms with E-state index in [1.165, 1.54) is 24.0 Å². The molecule has 20 heavy (non-hydrogen) atoms. The van der Waals surface area contributed by atoms with E-state index in [2.05, 4.69) is 43.4 Å². The number of thioether (sulfide) groups is 1. The summed E-state index contributed by atoms with van der Waals surface area (Å²) >= 11 is 1.70. The van der Waals surface area contributed by atoms with Crippen molar-refractivity contribution in [3.05, 3.63) is 35.4 Å². The lowest BCUT2D eigenvalue weighted by Crippen LogP contribution is -2.38. The van der Waals surface area contributed by atoms with Crippen LogP contribution in [0.3, 0.4) is 0 Å². The van der Waals surface area contributed by atoms with E-state index in [1.54, 1.807) is 11.8 Å². The van der Waals surface area contributed by atoms with E-state index >= 15 is 0 Å². The first-order valence-electron chi connectivity index (χ1n) is 7.56. The van der Waals surface area contributed by atoms with E-state index in [-0.39, 0.29) is 5.91 Å². The Balaban J connectivity index is 1.65. The summed E-state index contributed by atoms with van der Waals surface area (Å²) in [4.78, 5) is 11.9. The lowest BCUT2D eigenvalue weighted by atomic mass is 9.87. The average Bonchev–Trinajstić information content (AvgIpc) is 2.41. The second-order valence-electron chi connectivity index (χ2n) is 6.01. The zero-order chi connectivity index (χ0) is 14.4. The molecule has 1 fully saturated rings. The summed E-state index contributed by atoms with van der Waals surface area (Å²) in [5.74, 6) is 2.51. The van der Waals surface area contributed by atoms with Crippen molar-refractivity contribution in [3.63, 3.8) is 0 Å². The molecule has 0 bridgehead atoms. The number of hydrogen-bond donors (Lipinski definition) is 1. The molecule has 1 N–H and O–H groups in total. The smallest absolute Gasteiger partial charge is 0.230 e. The van der Waals surface area contributed by atoms with Gasteiger partial charge in [-0.05, 0) is 44.1 Å². The van der Waals surface area contributed by atoms with E-state index < -0.39 is 0 Å². The van der Waals surface area contributed by atoms with Gasteiger partial charge in [-0.3, -0.25) is 4.79 Å². The first kappa shape index (κ1) is 15.4. The van der Waals surface area contributed by atoms with Crippen LogP contribution in [0.4, 0.5) is 0 Å². The Kier molecular flexibility index (Phi) is 5.96. The van der Waals surface area contributed by atoms with Crippen molar-refractivity contribution in [2.24, 2.45) is 5.92 Å². The summed E-state index contributed by atoms with van der Waals surface area (Å²) in [5, 5.41) is 3.18. The summed E-state index contributed by atoms with van der Waals surface area (Å²) in [5.41, 5.74) is 2.58. The Morgan fingerprint density at radius 3 is 2.75 bits per heavy atom. The van der Waals surface area contributed by atoms with Gasteiger partial charge in [0.25, 0.3) is 0 Å². The standard InChI is InChI=1S/C17H25NOS/c1-13-6-8-16(9-7-13)18-17(19)12-20-11-15-5-3-4-14(2)10-15/h3-5,10,13,16H,6-9,11-12H2,1-2H3,(H,18,19). The minimum Gasteiger partial charge on any atom is -0.353 e. The number of hydrogen-bond acceptors (Lipinski definition) is 2. The van der Waals surface area contributed by atoms with Gasteiger partial charge in [0.15, 0.2) is 0 Å². The summed E-state index contributed by atoms with van der Waals surface area (Å²) in [7, 11) is 0. The molecule has 0 radical (unpaired) electrons. The predicted octanol–water partition coefficient (Wildman–Crippen LogP) is 3.92. The van der Waals surface area contributed by atoms with Crippen molar-refractivity contribution in [1.29, 1.82) is 0 Å². The third-order valence-corrected chi connectivity index (χ3v) is 4.97. The average molecular weight is 291 g/mol. The highest BCUT2D eigenvalue weighted by molar-refractivity contribution is 7.99. The van der Waals surface area contributed by atoms with E-state index in [4.69, 9.17) is 0 Å². The van der Waals surface area contributed by atoms with E-state index in [9.17, 15) is 4.79 Å². The highest BCUT2D eigenvalue weighted by Crippen LogP contribution is 2.23. The molecule has 1 aromatic carbocycles. The Labute approximate surface area is 126 Å². The van der Waals surface area contributed by atoms with Gasteiger partial charge in [-0.1, -0.05) is 36.8 Å². The number of aryl methyl sites for hydroxylation is 1. The maximum absolute atomic E-state index is 11.9. The molecule has 110 valence electrons. The van der Waals surface area contributed by atoms with Crippen LogP contribution in [0.25, 0.3) is 0 Å². The number of rotatable bonds is 5. The van der Waals surface area contributed by atoms with Gasteiger partial charge in [-0.25, -0.2) is 0 Å². The first-order chi connectivity index (χ1) is 9.63. The summed E-state index contributed by atoms with van der Waals surface area (Å²) in [6.45, 7) is 4.40. The van der Waals surface area contributed by atoms with Crippen LogP contribution in [0, 0.1) is 12.8 Å². The molecule has 1 aliphatic rings. The number of carbonyl (C=O) groups excluding carboxylic acids is 1. The van der Waals surface area contributed by atoms with E-state index in [1.807, 2.05) is 0 Å². The van der Waals surface area contributed by atoms with Gasteiger partial charge in [0.1, 0.15) is 0 Å². The van der Waals surface area contributed by atoms with Crippen molar-refractivity contribution >= 4 is 17.7 Å². The Morgan fingerprint density at radius 1 is 1.30 bits per heavy atom. The molecule has 1 aliphatic carbocycles. The van der Waals surface area contributed by atoms with Gasteiger partial charge in [0.05, 0.1) is 5.75 Å². The molecule has 2 rings (SSSR count). The van der Waals surface area contributed by atoms with Gasteiger partial charge < -0.3 is 5.32 Å². The number of amides is 1. The number of carbonyl (C=O) groups is 1. The van der Waals surface area contributed by atoms with Gasteiger partial charge in [0.2, 0.25) is 5.91 Å². The Bertz CT molecular complexity index is 438. The SMILES string of the molecule is Cc1cccc(CSCC(=O)NC2CCC(C)CC2)c1. The molecule has 1 aromatic rings. The van der Waals surface area contributed by atoms with Gasteiger partial charge in [-0.2, -0.15) is 0 Å². The van der Waals surface area contributed by atoms with Gasteiger partial charge >= 0.3 is 0 Å². The normalized spacial score (nSPS) is 22.5. The maximum atomic E-state index is 11.9. The van der Waals surface area contributed by atoms with Crippen molar-refractivity contribution in [3.8, 4) is 0 Å². The van der Waals surface area contributed by atoms with Crippen LogP contribution in [-0.4, -0.2) is 17.7 Å². The van der Waals surface area contributed by atoms with Crippen LogP contribution in [0.1, 0.15) is 43.7 Å². The van der Waals surface area contributed by atoms with Crippen LogP contribution in [0.2, 0.25) is 0 Å². The third kappa shape index (κ3) is 5.20. The van der Waals surface area contributed by atoms with Gasteiger partial charge in [-0.15, -0.1) is 11.8 Å². The first-order valence-corrected chi connectivity index (χ1v) is 8.71. The highest BCUT2D eigenvalue weighted by Gasteiger charge is 2.19. The molecule has 0 saturated heterocycles. The fourth-order valence-corrected chi connectivity index (χ4v) is 3.52. The monoisotopic (exact) mass is 291 g/mol. The second kappa shape index (κ2) is 7.72. The fourth-order valence-electron chi connectivity index (χ4n) is 2.74. The Morgan fingerprint density at radius 2 is 2.05 bits per heavy atom. The molecule has 0 aliphatic heterocycles. The third-order valence-electron chi connectivity index (χ3n) is 3.97. The zero-order valence-corrected chi connectivity index (χ0v) is 13.3. The lowest BCUT2D eigenvalue weighted by molar-refractivity contribution is -0.119. The quantitative estimate of drug-likeness (QED) is 0.891. The molecule has 0 atom stereocenters. The van der Waals surface area contributed by atoms with Crippen LogP contribution < -0.4 is 5.32 Å². The fraction of sp³-hybridized carbons (Fsp3) is 0.588. The maximum Gasteiger partial charge on any atom is 0.230 e. The van der Waals surface area contributed by atoms with Crippen molar-refractivity contribution in [2.75, 3.05) is 5.75 Å². The van der Waals surface area contributed by atoms with E-state index in [0.29, 0.717) is 11.8 Å². The number of nitrogens with one attached hydrogen (secondary N) is 1. The van der Waals surface area contributed by atoms with Crippen LogP contribution in [0.5, 0.6) is 0 Å². The summed E-state index contributed by atoms with van der Waals surface area (Å²) in [6, 6.07) is 8.91. The lowest BCUT2D eigenvalue weighted by Gasteiger charge is -2.26. The molecular weight excluding hydrogens is 266 g/mol. The highest BCUT2D eigenvalue weighted by atomic mass is 32.2. The summed E-state index contributed by atoms with van der Waals surface area (Å²) in [6.07, 6.45) is 4.80. The Hall–Kier alpha value is -0.960. The number of benzene rings is 1. The molecule has 0 aromatic heterocycles. The topological polar surface area (TPSA) is 29.1 Å². The van der Waals surface area contributed by atoms with Crippen molar-refractivity contribution in [1.82, 2.24) is 5.32 Å². The largest absolute Gasteiger partial charge is 0.353 e. The second-order valence-corrected chi connectivity index (χ2v) is 6.99. The predicted molar refractivity (Wildman–Crippen MR) is 86.9 cm³/mol.